The lowest BCUT2D eigenvalue weighted by atomic mass is 9.89. The fraction of sp³-hybridized carbons (Fsp3) is 0.500. The van der Waals surface area contributed by atoms with E-state index in [-0.39, 0.29) is 12.3 Å². The van der Waals surface area contributed by atoms with Gasteiger partial charge in [0.15, 0.2) is 0 Å². The van der Waals surface area contributed by atoms with Gasteiger partial charge in [0.25, 0.3) is 0 Å². The zero-order chi connectivity index (χ0) is 15.5. The first kappa shape index (κ1) is 15.4. The van der Waals surface area contributed by atoms with Gasteiger partial charge in [-0.05, 0) is 26.0 Å². The van der Waals surface area contributed by atoms with Gasteiger partial charge in [-0.2, -0.15) is 0 Å². The molecule has 5 nitrogen and oxygen atoms in total. The average Bonchev–Trinajstić information content (AvgIpc) is 2.48. The standard InChI is InChI=1S/C16H22N2O3/c1-16(2,15(20)21)12-14(19)18-10-8-17(9-11-18)13-6-4-3-5-7-13/h3-7H,8-12H2,1-2H3,(H,20,21). The lowest BCUT2D eigenvalue weighted by molar-refractivity contribution is -0.151. The third-order valence-corrected chi connectivity index (χ3v) is 3.93. The molecule has 5 heteroatoms. The summed E-state index contributed by atoms with van der Waals surface area (Å²) in [6.45, 7) is 6.03. The summed E-state index contributed by atoms with van der Waals surface area (Å²) in [5.41, 5.74) is 0.156. The minimum absolute atomic E-state index is 0.0493. The molecule has 1 N–H and O–H groups in total. The Bertz CT molecular complexity index is 506. The maximum atomic E-state index is 12.2. The Hall–Kier alpha value is -2.04. The second-order valence-electron chi connectivity index (χ2n) is 6.07. The van der Waals surface area contributed by atoms with Crippen LogP contribution in [0.4, 0.5) is 5.69 Å². The normalized spacial score (nSPS) is 15.9. The molecule has 2 rings (SSSR count). The van der Waals surface area contributed by atoms with Crippen LogP contribution in [0.5, 0.6) is 0 Å². The Balaban J connectivity index is 1.89. The number of piperazine rings is 1. The Kier molecular flexibility index (Phi) is 4.50. The van der Waals surface area contributed by atoms with Crippen LogP contribution in [0.15, 0.2) is 30.3 Å². The van der Waals surface area contributed by atoms with Crippen LogP contribution in [0, 0.1) is 5.41 Å². The van der Waals surface area contributed by atoms with Crippen molar-refractivity contribution in [1.82, 2.24) is 4.90 Å². The lowest BCUT2D eigenvalue weighted by Gasteiger charge is -2.37. The summed E-state index contributed by atoms with van der Waals surface area (Å²) in [4.78, 5) is 27.3. The third kappa shape index (κ3) is 3.74. The summed E-state index contributed by atoms with van der Waals surface area (Å²) in [7, 11) is 0. The lowest BCUT2D eigenvalue weighted by Crippen LogP contribution is -2.49. The molecule has 0 unspecified atom stereocenters. The molecule has 0 radical (unpaired) electrons. The van der Waals surface area contributed by atoms with Gasteiger partial charge in [0.2, 0.25) is 5.91 Å². The second kappa shape index (κ2) is 6.16. The van der Waals surface area contributed by atoms with E-state index in [0.717, 1.165) is 18.8 Å². The van der Waals surface area contributed by atoms with E-state index in [0.29, 0.717) is 13.1 Å². The number of hydrogen-bond donors (Lipinski definition) is 1. The number of carboxylic acid groups (broad SMARTS) is 1. The SMILES string of the molecule is CC(C)(CC(=O)N1CCN(c2ccccc2)CC1)C(=O)O. The van der Waals surface area contributed by atoms with Crippen molar-refractivity contribution in [2.75, 3.05) is 31.1 Å². The molecular weight excluding hydrogens is 268 g/mol. The van der Waals surface area contributed by atoms with Gasteiger partial charge in [-0.25, -0.2) is 0 Å². The highest BCUT2D eigenvalue weighted by molar-refractivity contribution is 5.84. The topological polar surface area (TPSA) is 60.9 Å². The van der Waals surface area contributed by atoms with Gasteiger partial charge in [-0.3, -0.25) is 9.59 Å². The summed E-state index contributed by atoms with van der Waals surface area (Å²) in [6, 6.07) is 10.1. The predicted molar refractivity (Wildman–Crippen MR) is 81.3 cm³/mol. The number of carbonyl (C=O) groups is 2. The van der Waals surface area contributed by atoms with Crippen LogP contribution in [-0.2, 0) is 9.59 Å². The van der Waals surface area contributed by atoms with Crippen LogP contribution in [0.3, 0.4) is 0 Å². The molecule has 1 fully saturated rings. The van der Waals surface area contributed by atoms with Gasteiger partial charge in [0.1, 0.15) is 0 Å². The highest BCUT2D eigenvalue weighted by Gasteiger charge is 2.33. The van der Waals surface area contributed by atoms with E-state index in [1.165, 1.54) is 0 Å². The fourth-order valence-electron chi connectivity index (χ4n) is 2.42. The number of anilines is 1. The summed E-state index contributed by atoms with van der Waals surface area (Å²) in [5, 5.41) is 9.10. The Labute approximate surface area is 125 Å². The molecule has 1 heterocycles. The second-order valence-corrected chi connectivity index (χ2v) is 6.07. The Morgan fingerprint density at radius 2 is 1.67 bits per heavy atom. The highest BCUT2D eigenvalue weighted by Crippen LogP contribution is 2.23. The zero-order valence-corrected chi connectivity index (χ0v) is 12.6. The largest absolute Gasteiger partial charge is 0.481 e. The van der Waals surface area contributed by atoms with Crippen molar-refractivity contribution < 1.29 is 14.7 Å². The number of aliphatic carboxylic acids is 1. The van der Waals surface area contributed by atoms with Crippen molar-refractivity contribution in [1.29, 1.82) is 0 Å². The molecule has 21 heavy (non-hydrogen) atoms. The number of carbonyl (C=O) groups excluding carboxylic acids is 1. The van der Waals surface area contributed by atoms with Crippen LogP contribution in [0.2, 0.25) is 0 Å². The molecule has 0 saturated carbocycles. The predicted octanol–water partition coefficient (Wildman–Crippen LogP) is 1.84. The number of rotatable bonds is 4. The van der Waals surface area contributed by atoms with Gasteiger partial charge >= 0.3 is 5.97 Å². The molecule has 0 atom stereocenters. The van der Waals surface area contributed by atoms with Crippen LogP contribution in [0.25, 0.3) is 0 Å². The molecule has 1 aromatic rings. The zero-order valence-electron chi connectivity index (χ0n) is 12.6. The summed E-state index contributed by atoms with van der Waals surface area (Å²) in [5.74, 6) is -1.01. The maximum absolute atomic E-state index is 12.2. The van der Waals surface area contributed by atoms with E-state index in [9.17, 15) is 9.59 Å². The first-order chi connectivity index (χ1) is 9.90. The van der Waals surface area contributed by atoms with Gasteiger partial charge in [-0.1, -0.05) is 18.2 Å². The molecule has 0 bridgehead atoms. The average molecular weight is 290 g/mol. The number of hydrogen-bond acceptors (Lipinski definition) is 3. The van der Waals surface area contributed by atoms with Crippen molar-refractivity contribution in [3.05, 3.63) is 30.3 Å². The Morgan fingerprint density at radius 1 is 1.10 bits per heavy atom. The van der Waals surface area contributed by atoms with Crippen molar-refractivity contribution in [3.8, 4) is 0 Å². The third-order valence-electron chi connectivity index (χ3n) is 3.93. The quantitative estimate of drug-likeness (QED) is 0.919. The molecular formula is C16H22N2O3. The van der Waals surface area contributed by atoms with Gasteiger partial charge in [-0.15, -0.1) is 0 Å². The van der Waals surface area contributed by atoms with Crippen LogP contribution in [0.1, 0.15) is 20.3 Å². The van der Waals surface area contributed by atoms with Crippen molar-refractivity contribution >= 4 is 17.6 Å². The van der Waals surface area contributed by atoms with Crippen LogP contribution < -0.4 is 4.90 Å². The smallest absolute Gasteiger partial charge is 0.309 e. The number of para-hydroxylation sites is 1. The summed E-state index contributed by atoms with van der Waals surface area (Å²) >= 11 is 0. The minimum Gasteiger partial charge on any atom is -0.481 e. The van der Waals surface area contributed by atoms with Gasteiger partial charge < -0.3 is 14.9 Å². The first-order valence-corrected chi connectivity index (χ1v) is 7.21. The molecule has 1 aliphatic heterocycles. The van der Waals surface area contributed by atoms with Crippen LogP contribution >= 0.6 is 0 Å². The molecule has 1 amide bonds. The monoisotopic (exact) mass is 290 g/mol. The number of carboxylic acids is 1. The molecule has 0 spiro atoms. The number of amides is 1. The summed E-state index contributed by atoms with van der Waals surface area (Å²) in [6.07, 6.45) is 0.0493. The van der Waals surface area contributed by atoms with E-state index in [1.54, 1.807) is 18.7 Å². The molecule has 1 aliphatic rings. The fourth-order valence-corrected chi connectivity index (χ4v) is 2.42. The molecule has 1 aromatic carbocycles. The van der Waals surface area contributed by atoms with Crippen molar-refractivity contribution in [2.24, 2.45) is 5.41 Å². The molecule has 0 aromatic heterocycles. The summed E-state index contributed by atoms with van der Waals surface area (Å²) < 4.78 is 0. The molecule has 1 saturated heterocycles. The number of nitrogens with zero attached hydrogens (tertiary/aromatic N) is 2. The molecule has 114 valence electrons. The Morgan fingerprint density at radius 3 is 2.19 bits per heavy atom. The minimum atomic E-state index is -1.01. The van der Waals surface area contributed by atoms with Crippen molar-refractivity contribution in [2.45, 2.75) is 20.3 Å². The van der Waals surface area contributed by atoms with E-state index in [2.05, 4.69) is 17.0 Å². The van der Waals surface area contributed by atoms with E-state index < -0.39 is 11.4 Å². The van der Waals surface area contributed by atoms with E-state index in [1.807, 2.05) is 18.2 Å². The van der Waals surface area contributed by atoms with Gasteiger partial charge in [0, 0.05) is 38.3 Å². The highest BCUT2D eigenvalue weighted by atomic mass is 16.4. The van der Waals surface area contributed by atoms with E-state index >= 15 is 0 Å². The van der Waals surface area contributed by atoms with Gasteiger partial charge in [0.05, 0.1) is 5.41 Å². The maximum Gasteiger partial charge on any atom is 0.309 e. The number of benzene rings is 1. The van der Waals surface area contributed by atoms with Crippen molar-refractivity contribution in [3.63, 3.8) is 0 Å². The molecule has 0 aliphatic carbocycles. The van der Waals surface area contributed by atoms with Crippen LogP contribution in [-0.4, -0.2) is 48.1 Å². The van der Waals surface area contributed by atoms with E-state index in [4.69, 9.17) is 5.11 Å². The first-order valence-electron chi connectivity index (χ1n) is 7.21.